The van der Waals surface area contributed by atoms with E-state index >= 15 is 0 Å². The van der Waals surface area contributed by atoms with Gasteiger partial charge in [0.05, 0.1) is 6.54 Å². The predicted octanol–water partition coefficient (Wildman–Crippen LogP) is 2.21. The van der Waals surface area contributed by atoms with E-state index in [-0.39, 0.29) is 6.03 Å². The molecule has 1 fully saturated rings. The second-order valence-corrected chi connectivity index (χ2v) is 6.83. The van der Waals surface area contributed by atoms with Crippen LogP contribution in [0.3, 0.4) is 0 Å². The van der Waals surface area contributed by atoms with Crippen LogP contribution >= 0.6 is 0 Å². The van der Waals surface area contributed by atoms with Crippen molar-refractivity contribution < 1.29 is 4.79 Å². The number of aromatic nitrogens is 2. The zero-order valence-corrected chi connectivity index (χ0v) is 15.0. The van der Waals surface area contributed by atoms with Crippen molar-refractivity contribution in [3.8, 4) is 0 Å². The van der Waals surface area contributed by atoms with Gasteiger partial charge in [-0.1, -0.05) is 24.3 Å². The van der Waals surface area contributed by atoms with Crippen molar-refractivity contribution in [2.45, 2.75) is 44.9 Å². The van der Waals surface area contributed by atoms with Crippen molar-refractivity contribution in [2.75, 3.05) is 13.6 Å². The predicted molar refractivity (Wildman–Crippen MR) is 98.3 cm³/mol. The normalized spacial score (nSPS) is 15.2. The van der Waals surface area contributed by atoms with Crippen molar-refractivity contribution in [3.05, 3.63) is 53.9 Å². The molecule has 0 unspecified atom stereocenters. The molecule has 0 radical (unpaired) electrons. The van der Waals surface area contributed by atoms with E-state index in [0.717, 1.165) is 12.1 Å². The summed E-state index contributed by atoms with van der Waals surface area (Å²) in [5.74, 6) is 0. The standard InChI is InChI=1S/C19H27N5O/c1-15(23(2)18-7-8-18)12-20-19(25)21-13-16-5-3-6-17(11-16)14-24-10-4-9-22-24/h3-6,9-11,15,18H,7-8,12-14H2,1-2H3,(H2,20,21,25)/t15-/m1/s1. The third-order valence-corrected chi connectivity index (χ3v) is 4.72. The number of amides is 2. The van der Waals surface area contributed by atoms with Crippen molar-refractivity contribution in [2.24, 2.45) is 0 Å². The third-order valence-electron chi connectivity index (χ3n) is 4.72. The Morgan fingerprint density at radius 3 is 2.84 bits per heavy atom. The molecule has 0 bridgehead atoms. The largest absolute Gasteiger partial charge is 0.337 e. The summed E-state index contributed by atoms with van der Waals surface area (Å²) >= 11 is 0. The van der Waals surface area contributed by atoms with E-state index in [1.807, 2.05) is 29.1 Å². The molecule has 1 aromatic carbocycles. The van der Waals surface area contributed by atoms with Gasteiger partial charge in [-0.05, 0) is 44.0 Å². The molecule has 25 heavy (non-hydrogen) atoms. The van der Waals surface area contributed by atoms with E-state index in [0.29, 0.717) is 25.2 Å². The number of hydrogen-bond donors (Lipinski definition) is 2. The van der Waals surface area contributed by atoms with Gasteiger partial charge in [0.1, 0.15) is 0 Å². The second-order valence-electron chi connectivity index (χ2n) is 6.83. The van der Waals surface area contributed by atoms with E-state index in [1.54, 1.807) is 6.20 Å². The third kappa shape index (κ3) is 5.32. The lowest BCUT2D eigenvalue weighted by Gasteiger charge is -2.24. The highest BCUT2D eigenvalue weighted by Gasteiger charge is 2.29. The number of rotatable bonds is 8. The summed E-state index contributed by atoms with van der Waals surface area (Å²) < 4.78 is 1.89. The molecule has 1 atom stereocenters. The molecular formula is C19H27N5O. The van der Waals surface area contributed by atoms with Gasteiger partial charge in [-0.15, -0.1) is 0 Å². The molecule has 0 saturated heterocycles. The highest BCUT2D eigenvalue weighted by molar-refractivity contribution is 5.73. The first-order valence-electron chi connectivity index (χ1n) is 8.90. The van der Waals surface area contributed by atoms with Crippen molar-refractivity contribution in [1.29, 1.82) is 0 Å². The Hall–Kier alpha value is -2.34. The van der Waals surface area contributed by atoms with Crippen LogP contribution in [0.15, 0.2) is 42.7 Å². The fourth-order valence-corrected chi connectivity index (χ4v) is 2.89. The lowest BCUT2D eigenvalue weighted by atomic mass is 10.1. The molecule has 0 spiro atoms. The Labute approximate surface area is 149 Å². The fraction of sp³-hybridized carbons (Fsp3) is 0.474. The summed E-state index contributed by atoms with van der Waals surface area (Å²) in [7, 11) is 2.13. The smallest absolute Gasteiger partial charge is 0.315 e. The van der Waals surface area contributed by atoms with Crippen LogP contribution in [0.25, 0.3) is 0 Å². The van der Waals surface area contributed by atoms with Crippen molar-refractivity contribution in [3.63, 3.8) is 0 Å². The quantitative estimate of drug-likeness (QED) is 0.774. The lowest BCUT2D eigenvalue weighted by molar-refractivity contribution is 0.222. The zero-order chi connectivity index (χ0) is 17.6. The number of carbonyl (C=O) groups is 1. The SMILES string of the molecule is C[C@H](CNC(=O)NCc1cccc(Cn2cccn2)c1)N(C)C1CC1. The fourth-order valence-electron chi connectivity index (χ4n) is 2.89. The highest BCUT2D eigenvalue weighted by Crippen LogP contribution is 2.26. The first kappa shape index (κ1) is 17.5. The van der Waals surface area contributed by atoms with Crippen LogP contribution in [0, 0.1) is 0 Å². The van der Waals surface area contributed by atoms with Crippen LogP contribution in [-0.2, 0) is 13.1 Å². The Balaban J connectivity index is 1.42. The van der Waals surface area contributed by atoms with Gasteiger partial charge in [0.15, 0.2) is 0 Å². The lowest BCUT2D eigenvalue weighted by Crippen LogP contribution is -2.44. The molecule has 0 aliphatic heterocycles. The van der Waals surface area contributed by atoms with Crippen LogP contribution in [0.4, 0.5) is 4.79 Å². The Morgan fingerprint density at radius 1 is 1.32 bits per heavy atom. The average Bonchev–Trinajstić information content (AvgIpc) is 3.35. The number of benzene rings is 1. The minimum Gasteiger partial charge on any atom is -0.337 e. The molecule has 1 aliphatic rings. The number of likely N-dealkylation sites (N-methyl/N-ethyl adjacent to an activating group) is 1. The van der Waals surface area contributed by atoms with Gasteiger partial charge in [0.2, 0.25) is 0 Å². The first-order chi connectivity index (χ1) is 12.1. The zero-order valence-electron chi connectivity index (χ0n) is 15.0. The van der Waals surface area contributed by atoms with Crippen LogP contribution in [0.5, 0.6) is 0 Å². The average molecular weight is 341 g/mol. The highest BCUT2D eigenvalue weighted by atomic mass is 16.2. The minimum atomic E-state index is -0.117. The summed E-state index contributed by atoms with van der Waals surface area (Å²) in [5, 5.41) is 10.1. The molecule has 2 aromatic rings. The van der Waals surface area contributed by atoms with E-state index in [2.05, 4.69) is 46.7 Å². The van der Waals surface area contributed by atoms with E-state index in [4.69, 9.17) is 0 Å². The maximum Gasteiger partial charge on any atom is 0.315 e. The molecule has 1 saturated carbocycles. The Bertz CT molecular complexity index is 681. The molecule has 6 heteroatoms. The number of nitrogens with one attached hydrogen (secondary N) is 2. The summed E-state index contributed by atoms with van der Waals surface area (Å²) in [5.41, 5.74) is 2.26. The topological polar surface area (TPSA) is 62.2 Å². The summed E-state index contributed by atoms with van der Waals surface area (Å²) in [6.45, 7) is 4.07. The van der Waals surface area contributed by atoms with Crippen LogP contribution in [0.2, 0.25) is 0 Å². The maximum atomic E-state index is 12.0. The minimum absolute atomic E-state index is 0.117. The van der Waals surface area contributed by atoms with Gasteiger partial charge < -0.3 is 10.6 Å². The van der Waals surface area contributed by atoms with Crippen LogP contribution < -0.4 is 10.6 Å². The van der Waals surface area contributed by atoms with Crippen LogP contribution in [-0.4, -0.2) is 46.4 Å². The number of nitrogens with zero attached hydrogens (tertiary/aromatic N) is 3. The van der Waals surface area contributed by atoms with Crippen LogP contribution in [0.1, 0.15) is 30.9 Å². The van der Waals surface area contributed by atoms with E-state index in [1.165, 1.54) is 18.4 Å². The monoisotopic (exact) mass is 341 g/mol. The molecule has 134 valence electrons. The summed E-state index contributed by atoms with van der Waals surface area (Å²) in [6.07, 6.45) is 6.28. The molecule has 1 aliphatic carbocycles. The van der Waals surface area contributed by atoms with Gasteiger partial charge >= 0.3 is 6.03 Å². The molecule has 2 amide bonds. The maximum absolute atomic E-state index is 12.0. The number of hydrogen-bond acceptors (Lipinski definition) is 3. The molecular weight excluding hydrogens is 314 g/mol. The number of carbonyl (C=O) groups excluding carboxylic acids is 1. The Morgan fingerprint density at radius 2 is 2.12 bits per heavy atom. The molecule has 1 aromatic heterocycles. The molecule has 3 rings (SSSR count). The van der Waals surface area contributed by atoms with Gasteiger partial charge in [0, 0.05) is 37.6 Å². The van der Waals surface area contributed by atoms with Gasteiger partial charge in [-0.3, -0.25) is 9.58 Å². The molecule has 6 nitrogen and oxygen atoms in total. The van der Waals surface area contributed by atoms with Crippen molar-refractivity contribution in [1.82, 2.24) is 25.3 Å². The summed E-state index contributed by atoms with van der Waals surface area (Å²) in [6, 6.07) is 11.1. The Kier molecular flexibility index (Phi) is 5.71. The summed E-state index contributed by atoms with van der Waals surface area (Å²) in [4.78, 5) is 14.4. The van der Waals surface area contributed by atoms with Gasteiger partial charge in [-0.2, -0.15) is 5.10 Å². The second kappa shape index (κ2) is 8.16. The molecule has 2 N–H and O–H groups in total. The van der Waals surface area contributed by atoms with E-state index in [9.17, 15) is 4.79 Å². The van der Waals surface area contributed by atoms with Crippen molar-refractivity contribution >= 4 is 6.03 Å². The van der Waals surface area contributed by atoms with Gasteiger partial charge in [-0.25, -0.2) is 4.79 Å². The van der Waals surface area contributed by atoms with E-state index < -0.39 is 0 Å². The van der Waals surface area contributed by atoms with Gasteiger partial charge in [0.25, 0.3) is 0 Å². The number of urea groups is 1. The molecule has 1 heterocycles. The first-order valence-corrected chi connectivity index (χ1v) is 8.90.